The van der Waals surface area contributed by atoms with Crippen LogP contribution >= 0.6 is 38.9 Å². The van der Waals surface area contributed by atoms with Gasteiger partial charge in [-0.2, -0.15) is 0 Å². The van der Waals surface area contributed by atoms with Gasteiger partial charge < -0.3 is 10.1 Å². The highest BCUT2D eigenvalue weighted by Crippen LogP contribution is 2.28. The Morgan fingerprint density at radius 2 is 2.14 bits per heavy atom. The van der Waals surface area contributed by atoms with Crippen molar-refractivity contribution in [1.29, 1.82) is 0 Å². The third-order valence-electron chi connectivity index (χ3n) is 2.48. The molecular formula is C14H11BrClNO3S. The normalized spacial score (nSPS) is 10.2. The van der Waals surface area contributed by atoms with Crippen molar-refractivity contribution >= 4 is 50.7 Å². The Balaban J connectivity index is 1.78. The quantitative estimate of drug-likeness (QED) is 0.624. The fourth-order valence-corrected chi connectivity index (χ4v) is 2.91. The van der Waals surface area contributed by atoms with Gasteiger partial charge in [0.2, 0.25) is 0 Å². The van der Waals surface area contributed by atoms with Crippen molar-refractivity contribution < 1.29 is 14.3 Å². The molecule has 0 aliphatic carbocycles. The van der Waals surface area contributed by atoms with Crippen molar-refractivity contribution in [2.75, 3.05) is 6.54 Å². The van der Waals surface area contributed by atoms with Crippen molar-refractivity contribution in [3.63, 3.8) is 0 Å². The summed E-state index contributed by atoms with van der Waals surface area (Å²) in [5.74, 6) is -0.219. The van der Waals surface area contributed by atoms with Crippen molar-refractivity contribution in [3.8, 4) is 5.75 Å². The van der Waals surface area contributed by atoms with Gasteiger partial charge in [-0.3, -0.25) is 9.59 Å². The fraction of sp³-hybridized carbons (Fsp3) is 0.143. The number of nitrogens with one attached hydrogen (secondary N) is 1. The van der Waals surface area contributed by atoms with Crippen LogP contribution in [0.25, 0.3) is 0 Å². The maximum Gasteiger partial charge on any atom is 0.313 e. The Morgan fingerprint density at radius 1 is 1.33 bits per heavy atom. The van der Waals surface area contributed by atoms with E-state index in [1.54, 1.807) is 30.3 Å². The van der Waals surface area contributed by atoms with E-state index >= 15 is 0 Å². The number of amides is 1. The second-order valence-corrected chi connectivity index (χ2v) is 6.27. The Morgan fingerprint density at radius 3 is 2.81 bits per heavy atom. The lowest BCUT2D eigenvalue weighted by Gasteiger charge is -2.07. The van der Waals surface area contributed by atoms with Gasteiger partial charge in [-0.25, -0.2) is 0 Å². The van der Waals surface area contributed by atoms with Gasteiger partial charge in [0.15, 0.2) is 0 Å². The first kappa shape index (κ1) is 16.0. The molecule has 4 nitrogen and oxygen atoms in total. The topological polar surface area (TPSA) is 55.4 Å². The van der Waals surface area contributed by atoms with Gasteiger partial charge in [0.25, 0.3) is 5.91 Å². The van der Waals surface area contributed by atoms with Crippen LogP contribution in [0.5, 0.6) is 5.75 Å². The van der Waals surface area contributed by atoms with E-state index in [-0.39, 0.29) is 18.9 Å². The van der Waals surface area contributed by atoms with Gasteiger partial charge in [-0.05, 0) is 45.6 Å². The largest absolute Gasteiger partial charge is 0.425 e. The molecule has 1 aromatic heterocycles. The van der Waals surface area contributed by atoms with Crippen molar-refractivity contribution in [1.82, 2.24) is 5.32 Å². The Bertz CT molecular complexity index is 646. The highest BCUT2D eigenvalue weighted by Gasteiger charge is 2.10. The maximum absolute atomic E-state index is 11.7. The van der Waals surface area contributed by atoms with Crippen LogP contribution in [-0.4, -0.2) is 18.4 Å². The molecule has 110 valence electrons. The standard InChI is InChI=1S/C14H11BrClNO3S/c15-10-8-9(16)3-4-11(10)20-13(18)5-6-17-14(19)12-2-1-7-21-12/h1-4,7-8H,5-6H2,(H,17,19). The van der Waals surface area contributed by atoms with Gasteiger partial charge in [-0.15, -0.1) is 11.3 Å². The number of hydrogen-bond donors (Lipinski definition) is 1. The number of rotatable bonds is 5. The third-order valence-corrected chi connectivity index (χ3v) is 4.20. The highest BCUT2D eigenvalue weighted by molar-refractivity contribution is 9.10. The SMILES string of the molecule is O=C(CCNC(=O)c1cccs1)Oc1ccc(Cl)cc1Br. The second-order valence-electron chi connectivity index (χ2n) is 4.03. The molecule has 0 bridgehead atoms. The van der Waals surface area contributed by atoms with E-state index in [9.17, 15) is 9.59 Å². The first-order valence-electron chi connectivity index (χ1n) is 6.03. The summed E-state index contributed by atoms with van der Waals surface area (Å²) in [7, 11) is 0. The maximum atomic E-state index is 11.7. The number of benzene rings is 1. The fourth-order valence-electron chi connectivity index (χ4n) is 1.50. The second kappa shape index (κ2) is 7.59. The van der Waals surface area contributed by atoms with Gasteiger partial charge in [0.05, 0.1) is 15.8 Å². The molecule has 2 aromatic rings. The highest BCUT2D eigenvalue weighted by atomic mass is 79.9. The molecule has 1 heterocycles. The molecule has 0 atom stereocenters. The molecule has 0 aliphatic rings. The summed E-state index contributed by atoms with van der Waals surface area (Å²) in [6.07, 6.45) is 0.0895. The summed E-state index contributed by atoms with van der Waals surface area (Å²) in [6, 6.07) is 8.40. The van der Waals surface area contributed by atoms with Gasteiger partial charge in [0, 0.05) is 11.6 Å². The summed E-state index contributed by atoms with van der Waals surface area (Å²) >= 11 is 10.4. The van der Waals surface area contributed by atoms with E-state index in [1.807, 2.05) is 5.38 Å². The molecule has 1 aromatic carbocycles. The minimum absolute atomic E-state index is 0.0895. The van der Waals surface area contributed by atoms with Crippen LogP contribution in [0.3, 0.4) is 0 Å². The Hall–Kier alpha value is -1.37. The Labute approximate surface area is 139 Å². The van der Waals surface area contributed by atoms with Crippen molar-refractivity contribution in [2.24, 2.45) is 0 Å². The van der Waals surface area contributed by atoms with Crippen molar-refractivity contribution in [3.05, 3.63) is 50.1 Å². The van der Waals surface area contributed by atoms with Crippen LogP contribution < -0.4 is 10.1 Å². The van der Waals surface area contributed by atoms with E-state index < -0.39 is 5.97 Å². The molecule has 0 saturated heterocycles. The Kier molecular flexibility index (Phi) is 5.78. The van der Waals surface area contributed by atoms with E-state index in [0.29, 0.717) is 20.1 Å². The van der Waals surface area contributed by atoms with Crippen LogP contribution in [-0.2, 0) is 4.79 Å². The summed E-state index contributed by atoms with van der Waals surface area (Å²) in [5, 5.41) is 5.03. The summed E-state index contributed by atoms with van der Waals surface area (Å²) in [5.41, 5.74) is 0. The molecule has 7 heteroatoms. The molecule has 0 spiro atoms. The molecule has 1 amide bonds. The van der Waals surface area contributed by atoms with Crippen molar-refractivity contribution in [2.45, 2.75) is 6.42 Å². The van der Waals surface area contributed by atoms with Crippen LogP contribution in [0, 0.1) is 0 Å². The van der Waals surface area contributed by atoms with E-state index in [4.69, 9.17) is 16.3 Å². The molecule has 0 saturated carbocycles. The minimum atomic E-state index is -0.426. The minimum Gasteiger partial charge on any atom is -0.425 e. The van der Waals surface area contributed by atoms with Gasteiger partial charge in [0.1, 0.15) is 5.75 Å². The molecule has 0 fully saturated rings. The lowest BCUT2D eigenvalue weighted by molar-refractivity contribution is -0.134. The lowest BCUT2D eigenvalue weighted by Crippen LogP contribution is -2.26. The number of carbonyl (C=O) groups is 2. The average molecular weight is 389 g/mol. The molecule has 2 rings (SSSR count). The zero-order valence-corrected chi connectivity index (χ0v) is 13.9. The van der Waals surface area contributed by atoms with E-state index in [2.05, 4.69) is 21.2 Å². The molecule has 0 aliphatic heterocycles. The number of hydrogen-bond acceptors (Lipinski definition) is 4. The third kappa shape index (κ3) is 4.84. The van der Waals surface area contributed by atoms with Crippen LogP contribution in [0.15, 0.2) is 40.2 Å². The zero-order chi connectivity index (χ0) is 15.2. The number of thiophene rings is 1. The molecule has 21 heavy (non-hydrogen) atoms. The number of ether oxygens (including phenoxy) is 1. The first-order chi connectivity index (χ1) is 10.1. The molecule has 1 N–H and O–H groups in total. The van der Waals surface area contributed by atoms with Crippen LogP contribution in [0.4, 0.5) is 0 Å². The first-order valence-corrected chi connectivity index (χ1v) is 8.09. The summed E-state index contributed by atoms with van der Waals surface area (Å²) < 4.78 is 5.78. The number of halogens is 2. The van der Waals surface area contributed by atoms with E-state index in [0.717, 1.165) is 0 Å². The van der Waals surface area contributed by atoms with Gasteiger partial charge in [-0.1, -0.05) is 17.7 Å². The number of esters is 1. The molecular weight excluding hydrogens is 378 g/mol. The van der Waals surface area contributed by atoms with E-state index in [1.165, 1.54) is 11.3 Å². The zero-order valence-electron chi connectivity index (χ0n) is 10.8. The smallest absolute Gasteiger partial charge is 0.313 e. The van der Waals surface area contributed by atoms with Gasteiger partial charge >= 0.3 is 5.97 Å². The molecule has 0 radical (unpaired) electrons. The molecule has 0 unspecified atom stereocenters. The predicted molar refractivity (Wildman–Crippen MR) is 86.1 cm³/mol. The van der Waals surface area contributed by atoms with Crippen LogP contribution in [0.1, 0.15) is 16.1 Å². The number of carbonyl (C=O) groups excluding carboxylic acids is 2. The average Bonchev–Trinajstić information content (AvgIpc) is 2.96. The summed E-state index contributed by atoms with van der Waals surface area (Å²) in [4.78, 5) is 24.0. The predicted octanol–water partition coefficient (Wildman–Crippen LogP) is 3.89. The van der Waals surface area contributed by atoms with Crippen LogP contribution in [0.2, 0.25) is 5.02 Å². The lowest BCUT2D eigenvalue weighted by atomic mass is 10.3. The summed E-state index contributed by atoms with van der Waals surface area (Å²) in [6.45, 7) is 0.223. The monoisotopic (exact) mass is 387 g/mol.